The van der Waals surface area contributed by atoms with Crippen LogP contribution in [0.5, 0.6) is 0 Å². The van der Waals surface area contributed by atoms with Crippen LogP contribution in [-0.2, 0) is 17.5 Å². The zero-order valence-electron chi connectivity index (χ0n) is 16.5. The van der Waals surface area contributed by atoms with Crippen LogP contribution in [-0.4, -0.2) is 15.9 Å². The van der Waals surface area contributed by atoms with E-state index in [2.05, 4.69) is 15.3 Å². The number of amides is 1. The molecule has 7 heteroatoms. The largest absolute Gasteiger partial charge is 0.416 e. The average molecular weight is 423 g/mol. The predicted molar refractivity (Wildman–Crippen MR) is 112 cm³/mol. The molecule has 1 atom stereocenters. The second kappa shape index (κ2) is 8.63. The molecular weight excluding hydrogens is 403 g/mol. The number of benzene rings is 2. The van der Waals surface area contributed by atoms with E-state index in [9.17, 15) is 18.0 Å². The maximum Gasteiger partial charge on any atom is 0.416 e. The van der Waals surface area contributed by atoms with Crippen molar-refractivity contribution in [3.05, 3.63) is 102 Å². The number of alkyl halides is 3. The van der Waals surface area contributed by atoms with Gasteiger partial charge in [-0.15, -0.1) is 0 Å². The predicted octanol–water partition coefficient (Wildman–Crippen LogP) is 5.42. The first-order valence-corrected chi connectivity index (χ1v) is 9.81. The van der Waals surface area contributed by atoms with Crippen LogP contribution in [0.1, 0.15) is 34.6 Å². The van der Waals surface area contributed by atoms with Crippen LogP contribution in [0.4, 0.5) is 13.2 Å². The van der Waals surface area contributed by atoms with E-state index in [1.54, 1.807) is 30.7 Å². The lowest BCUT2D eigenvalue weighted by Crippen LogP contribution is -2.25. The molecule has 4 aromatic rings. The summed E-state index contributed by atoms with van der Waals surface area (Å²) >= 11 is 0. The first-order chi connectivity index (χ1) is 14.9. The zero-order chi connectivity index (χ0) is 21.8. The summed E-state index contributed by atoms with van der Waals surface area (Å²) < 4.78 is 41.3. The van der Waals surface area contributed by atoms with E-state index in [-0.39, 0.29) is 24.4 Å². The third kappa shape index (κ3) is 4.60. The quantitative estimate of drug-likeness (QED) is 0.435. The Hall–Kier alpha value is -3.61. The van der Waals surface area contributed by atoms with E-state index in [0.29, 0.717) is 5.56 Å². The number of pyridine rings is 1. The number of para-hydroxylation sites is 1. The summed E-state index contributed by atoms with van der Waals surface area (Å²) in [7, 11) is 0. The molecular formula is C24H20F3N3O. The SMILES string of the molecule is O=C(CC(c1ccccc1C(F)(F)F)c1c[nH]c2ccccc12)NCc1cccnc1. The smallest absolute Gasteiger partial charge is 0.361 e. The minimum Gasteiger partial charge on any atom is -0.361 e. The van der Waals surface area contributed by atoms with E-state index in [4.69, 9.17) is 0 Å². The second-order valence-corrected chi connectivity index (χ2v) is 7.27. The average Bonchev–Trinajstić information content (AvgIpc) is 3.20. The van der Waals surface area contributed by atoms with Gasteiger partial charge in [-0.3, -0.25) is 9.78 Å². The first-order valence-electron chi connectivity index (χ1n) is 9.81. The second-order valence-electron chi connectivity index (χ2n) is 7.27. The first kappa shape index (κ1) is 20.7. The number of hydrogen-bond donors (Lipinski definition) is 2. The Morgan fingerprint density at radius 3 is 2.55 bits per heavy atom. The molecule has 31 heavy (non-hydrogen) atoms. The van der Waals surface area contributed by atoms with Crippen molar-refractivity contribution in [3.8, 4) is 0 Å². The number of halogens is 3. The highest BCUT2D eigenvalue weighted by atomic mass is 19.4. The van der Waals surface area contributed by atoms with Gasteiger partial charge >= 0.3 is 6.18 Å². The van der Waals surface area contributed by atoms with Crippen molar-refractivity contribution in [2.24, 2.45) is 0 Å². The number of H-pyrrole nitrogens is 1. The highest BCUT2D eigenvalue weighted by Gasteiger charge is 2.36. The molecule has 2 aromatic carbocycles. The van der Waals surface area contributed by atoms with E-state index < -0.39 is 17.7 Å². The van der Waals surface area contributed by atoms with Gasteiger partial charge in [0.2, 0.25) is 5.91 Å². The standard InChI is InChI=1S/C24H20F3N3O/c25-24(26,27)21-9-3-1-7-17(21)19(20-15-29-22-10-4-2-8-18(20)22)12-23(31)30-14-16-6-5-11-28-13-16/h1-11,13,15,19,29H,12,14H2,(H,30,31). The highest BCUT2D eigenvalue weighted by molar-refractivity contribution is 5.86. The Morgan fingerprint density at radius 1 is 1.00 bits per heavy atom. The molecule has 0 saturated heterocycles. The fourth-order valence-corrected chi connectivity index (χ4v) is 3.79. The molecule has 4 nitrogen and oxygen atoms in total. The summed E-state index contributed by atoms with van der Waals surface area (Å²) in [6, 6.07) is 16.4. The number of aromatic amines is 1. The lowest BCUT2D eigenvalue weighted by Gasteiger charge is -2.21. The number of carbonyl (C=O) groups is 1. The van der Waals surface area contributed by atoms with Crippen molar-refractivity contribution < 1.29 is 18.0 Å². The minimum atomic E-state index is -4.52. The van der Waals surface area contributed by atoms with Crippen molar-refractivity contribution in [2.45, 2.75) is 25.1 Å². The van der Waals surface area contributed by atoms with Crippen LogP contribution in [0.25, 0.3) is 10.9 Å². The van der Waals surface area contributed by atoms with Crippen molar-refractivity contribution >= 4 is 16.8 Å². The van der Waals surface area contributed by atoms with Gasteiger partial charge in [-0.2, -0.15) is 13.2 Å². The fraction of sp³-hybridized carbons (Fsp3) is 0.167. The maximum atomic E-state index is 13.8. The van der Waals surface area contributed by atoms with Crippen LogP contribution in [0.2, 0.25) is 0 Å². The van der Waals surface area contributed by atoms with Crippen LogP contribution < -0.4 is 5.32 Å². The van der Waals surface area contributed by atoms with Crippen LogP contribution in [0.15, 0.2) is 79.3 Å². The highest BCUT2D eigenvalue weighted by Crippen LogP contribution is 2.40. The van der Waals surface area contributed by atoms with Gasteiger partial charge < -0.3 is 10.3 Å². The molecule has 1 unspecified atom stereocenters. The lowest BCUT2D eigenvalue weighted by atomic mass is 9.85. The number of fused-ring (bicyclic) bond motifs is 1. The molecule has 158 valence electrons. The number of rotatable bonds is 6. The third-order valence-electron chi connectivity index (χ3n) is 5.24. The molecule has 0 radical (unpaired) electrons. The Bertz CT molecular complexity index is 1190. The number of carbonyl (C=O) groups excluding carboxylic acids is 1. The number of aromatic nitrogens is 2. The molecule has 0 fully saturated rings. The Kier molecular flexibility index (Phi) is 5.75. The van der Waals surface area contributed by atoms with Crippen molar-refractivity contribution in [1.29, 1.82) is 0 Å². The third-order valence-corrected chi connectivity index (χ3v) is 5.24. The molecule has 1 amide bonds. The Morgan fingerprint density at radius 2 is 1.77 bits per heavy atom. The van der Waals surface area contributed by atoms with Gasteiger partial charge in [0.05, 0.1) is 5.56 Å². The molecule has 0 aliphatic carbocycles. The summed E-state index contributed by atoms with van der Waals surface area (Å²) in [6.45, 7) is 0.258. The molecule has 0 aliphatic rings. The molecule has 2 heterocycles. The molecule has 0 spiro atoms. The minimum absolute atomic E-state index is 0.0799. The zero-order valence-corrected chi connectivity index (χ0v) is 16.5. The summed E-state index contributed by atoms with van der Waals surface area (Å²) in [4.78, 5) is 19.9. The molecule has 0 bridgehead atoms. The number of nitrogens with one attached hydrogen (secondary N) is 2. The monoisotopic (exact) mass is 423 g/mol. The van der Waals surface area contributed by atoms with Crippen molar-refractivity contribution in [3.63, 3.8) is 0 Å². The molecule has 0 saturated carbocycles. The molecule has 4 rings (SSSR count). The van der Waals surface area contributed by atoms with Gasteiger partial charge in [-0.05, 0) is 34.9 Å². The summed E-state index contributed by atoms with van der Waals surface area (Å²) in [5.74, 6) is -1.10. The topological polar surface area (TPSA) is 57.8 Å². The fourth-order valence-electron chi connectivity index (χ4n) is 3.79. The van der Waals surface area contributed by atoms with Gasteiger partial charge in [0.1, 0.15) is 0 Å². The van der Waals surface area contributed by atoms with E-state index >= 15 is 0 Å². The van der Waals surface area contributed by atoms with Gasteiger partial charge in [0, 0.05) is 48.4 Å². The van der Waals surface area contributed by atoms with Crippen LogP contribution >= 0.6 is 0 Å². The summed E-state index contributed by atoms with van der Waals surface area (Å²) in [5, 5.41) is 3.59. The number of hydrogen-bond acceptors (Lipinski definition) is 2. The van der Waals surface area contributed by atoms with E-state index in [1.807, 2.05) is 30.3 Å². The Labute approximate surface area is 177 Å². The van der Waals surface area contributed by atoms with Crippen molar-refractivity contribution in [2.75, 3.05) is 0 Å². The van der Waals surface area contributed by atoms with Gasteiger partial charge in [0.25, 0.3) is 0 Å². The van der Waals surface area contributed by atoms with Gasteiger partial charge in [-0.1, -0.05) is 42.5 Å². The number of nitrogens with zero attached hydrogens (tertiary/aromatic N) is 1. The van der Waals surface area contributed by atoms with Gasteiger partial charge in [0.15, 0.2) is 0 Å². The molecule has 2 aromatic heterocycles. The Balaban J connectivity index is 1.70. The lowest BCUT2D eigenvalue weighted by molar-refractivity contribution is -0.138. The van der Waals surface area contributed by atoms with Crippen LogP contribution in [0.3, 0.4) is 0 Å². The maximum absolute atomic E-state index is 13.8. The van der Waals surface area contributed by atoms with E-state index in [0.717, 1.165) is 22.5 Å². The van der Waals surface area contributed by atoms with Crippen LogP contribution in [0, 0.1) is 0 Å². The van der Waals surface area contributed by atoms with E-state index in [1.165, 1.54) is 12.1 Å². The normalized spacial score (nSPS) is 12.6. The molecule has 0 aliphatic heterocycles. The summed E-state index contributed by atoms with van der Waals surface area (Å²) in [6.07, 6.45) is 0.321. The molecule has 2 N–H and O–H groups in total. The van der Waals surface area contributed by atoms with Crippen molar-refractivity contribution in [1.82, 2.24) is 15.3 Å². The summed E-state index contributed by atoms with van der Waals surface area (Å²) in [5.41, 5.74) is 1.63. The van der Waals surface area contributed by atoms with Gasteiger partial charge in [-0.25, -0.2) is 0 Å².